The molecule has 0 saturated heterocycles. The van der Waals surface area contributed by atoms with E-state index >= 15 is 0 Å². The molecule has 6 nitrogen and oxygen atoms in total. The van der Waals surface area contributed by atoms with E-state index in [9.17, 15) is 9.59 Å². The first-order valence-electron chi connectivity index (χ1n) is 10.5. The van der Waals surface area contributed by atoms with Crippen molar-refractivity contribution >= 4 is 34.4 Å². The molecule has 0 saturated carbocycles. The Morgan fingerprint density at radius 1 is 1.06 bits per heavy atom. The van der Waals surface area contributed by atoms with Gasteiger partial charge in [-0.15, -0.1) is 11.3 Å². The van der Waals surface area contributed by atoms with E-state index in [2.05, 4.69) is 10.3 Å². The molecular weight excluding hydrogens is 424 g/mol. The summed E-state index contributed by atoms with van der Waals surface area (Å²) in [7, 11) is 0. The van der Waals surface area contributed by atoms with Crippen LogP contribution in [0.2, 0.25) is 0 Å². The number of thiazole rings is 1. The molecule has 1 aromatic heterocycles. The first kappa shape index (κ1) is 23.2. The van der Waals surface area contributed by atoms with E-state index in [1.165, 1.54) is 17.4 Å². The molecule has 1 heterocycles. The summed E-state index contributed by atoms with van der Waals surface area (Å²) in [6.07, 6.45) is 4.17. The second-order valence-electron chi connectivity index (χ2n) is 6.85. The molecule has 3 aromatic rings. The fourth-order valence-electron chi connectivity index (χ4n) is 2.96. The van der Waals surface area contributed by atoms with Gasteiger partial charge in [0.25, 0.3) is 0 Å². The lowest BCUT2D eigenvalue weighted by atomic mass is 10.1. The normalized spacial score (nSPS) is 10.8. The number of amides is 1. The minimum absolute atomic E-state index is 0.101. The Bertz CT molecular complexity index is 1080. The van der Waals surface area contributed by atoms with Crippen molar-refractivity contribution in [2.24, 2.45) is 0 Å². The molecule has 0 bridgehead atoms. The Morgan fingerprint density at radius 2 is 1.81 bits per heavy atom. The number of ether oxygens (including phenoxy) is 2. The third kappa shape index (κ3) is 6.52. The van der Waals surface area contributed by atoms with Gasteiger partial charge in [0.2, 0.25) is 5.91 Å². The van der Waals surface area contributed by atoms with Crippen LogP contribution < -0.4 is 10.1 Å². The monoisotopic (exact) mass is 450 g/mol. The van der Waals surface area contributed by atoms with Gasteiger partial charge in [0.05, 0.1) is 25.3 Å². The van der Waals surface area contributed by atoms with Crippen molar-refractivity contribution in [3.05, 3.63) is 71.1 Å². The SMILES string of the molecule is CCCOc1ccccc1/C=C/C(=O)Nc1nc(-c2ccccc2)c(CC(=O)OCC)s1. The number of carbonyl (C=O) groups excluding carboxylic acids is 2. The van der Waals surface area contributed by atoms with E-state index in [-0.39, 0.29) is 18.3 Å². The number of rotatable bonds is 10. The van der Waals surface area contributed by atoms with E-state index in [0.29, 0.717) is 24.0 Å². The maximum Gasteiger partial charge on any atom is 0.311 e. The van der Waals surface area contributed by atoms with Crippen molar-refractivity contribution in [2.75, 3.05) is 18.5 Å². The molecule has 0 radical (unpaired) electrons. The molecule has 0 fully saturated rings. The molecule has 0 spiro atoms. The molecule has 32 heavy (non-hydrogen) atoms. The maximum atomic E-state index is 12.5. The van der Waals surface area contributed by atoms with Crippen LogP contribution in [0.25, 0.3) is 17.3 Å². The fraction of sp³-hybridized carbons (Fsp3) is 0.240. The van der Waals surface area contributed by atoms with Gasteiger partial charge in [-0.05, 0) is 25.5 Å². The Kier molecular flexibility index (Phi) is 8.57. The predicted molar refractivity (Wildman–Crippen MR) is 128 cm³/mol. The summed E-state index contributed by atoms with van der Waals surface area (Å²) in [5.41, 5.74) is 2.37. The summed E-state index contributed by atoms with van der Waals surface area (Å²) in [6, 6.07) is 17.1. The minimum Gasteiger partial charge on any atom is -0.493 e. The maximum absolute atomic E-state index is 12.5. The standard InChI is InChI=1S/C25H26N2O4S/c1-3-16-31-20-13-9-8-10-18(20)14-15-22(28)26-25-27-24(19-11-6-5-7-12-19)21(32-25)17-23(29)30-4-2/h5-15H,3-4,16-17H2,1-2H3,(H,26,27,28)/b15-14+. The van der Waals surface area contributed by atoms with Crippen LogP contribution >= 0.6 is 11.3 Å². The number of nitrogens with one attached hydrogen (secondary N) is 1. The highest BCUT2D eigenvalue weighted by atomic mass is 32.1. The molecule has 0 aliphatic carbocycles. The average molecular weight is 451 g/mol. The topological polar surface area (TPSA) is 77.5 Å². The van der Waals surface area contributed by atoms with Gasteiger partial charge in [-0.3, -0.25) is 14.9 Å². The van der Waals surface area contributed by atoms with Crippen molar-refractivity contribution in [3.8, 4) is 17.0 Å². The lowest BCUT2D eigenvalue weighted by Gasteiger charge is -2.07. The molecule has 0 aliphatic rings. The highest BCUT2D eigenvalue weighted by Crippen LogP contribution is 2.32. The number of anilines is 1. The quantitative estimate of drug-likeness (QED) is 0.332. The lowest BCUT2D eigenvalue weighted by molar-refractivity contribution is -0.142. The van der Waals surface area contributed by atoms with Gasteiger partial charge in [-0.1, -0.05) is 55.5 Å². The van der Waals surface area contributed by atoms with Gasteiger partial charge in [0, 0.05) is 22.1 Å². The second kappa shape index (κ2) is 11.8. The van der Waals surface area contributed by atoms with Gasteiger partial charge in [-0.2, -0.15) is 0 Å². The summed E-state index contributed by atoms with van der Waals surface area (Å²) >= 11 is 1.27. The number of hydrogen-bond donors (Lipinski definition) is 1. The summed E-state index contributed by atoms with van der Waals surface area (Å²) in [4.78, 5) is 29.9. The summed E-state index contributed by atoms with van der Waals surface area (Å²) in [6.45, 7) is 4.74. The highest BCUT2D eigenvalue weighted by Gasteiger charge is 2.17. The average Bonchev–Trinajstić information content (AvgIpc) is 3.19. The Labute approximate surface area is 191 Å². The molecule has 0 aliphatic heterocycles. The largest absolute Gasteiger partial charge is 0.493 e. The predicted octanol–water partition coefficient (Wildman–Crippen LogP) is 5.36. The third-order valence-corrected chi connectivity index (χ3v) is 5.35. The zero-order valence-electron chi connectivity index (χ0n) is 18.2. The molecular formula is C25H26N2O4S. The fourth-order valence-corrected chi connectivity index (χ4v) is 3.94. The van der Waals surface area contributed by atoms with Crippen LogP contribution in [-0.2, 0) is 20.7 Å². The summed E-state index contributed by atoms with van der Waals surface area (Å²) < 4.78 is 10.8. The van der Waals surface area contributed by atoms with Gasteiger partial charge in [0.1, 0.15) is 5.75 Å². The van der Waals surface area contributed by atoms with Crippen LogP contribution in [0.5, 0.6) is 5.75 Å². The molecule has 166 valence electrons. The van der Waals surface area contributed by atoms with E-state index in [1.807, 2.05) is 61.5 Å². The van der Waals surface area contributed by atoms with Crippen molar-refractivity contribution in [1.29, 1.82) is 0 Å². The molecule has 0 unspecified atom stereocenters. The van der Waals surface area contributed by atoms with E-state index < -0.39 is 0 Å². The Hall–Kier alpha value is -3.45. The van der Waals surface area contributed by atoms with Crippen LogP contribution in [-0.4, -0.2) is 30.1 Å². The number of esters is 1. The Morgan fingerprint density at radius 3 is 2.56 bits per heavy atom. The van der Waals surface area contributed by atoms with Gasteiger partial charge < -0.3 is 9.47 Å². The van der Waals surface area contributed by atoms with Crippen LogP contribution in [0.1, 0.15) is 30.7 Å². The molecule has 0 atom stereocenters. The first-order valence-corrected chi connectivity index (χ1v) is 11.3. The van der Waals surface area contributed by atoms with E-state index in [0.717, 1.165) is 28.2 Å². The summed E-state index contributed by atoms with van der Waals surface area (Å²) in [5.74, 6) is 0.0943. The number of nitrogens with zero attached hydrogens (tertiary/aromatic N) is 1. The number of para-hydroxylation sites is 1. The molecule has 2 aromatic carbocycles. The van der Waals surface area contributed by atoms with Crippen molar-refractivity contribution in [2.45, 2.75) is 26.7 Å². The zero-order valence-corrected chi connectivity index (χ0v) is 19.0. The highest BCUT2D eigenvalue weighted by molar-refractivity contribution is 7.16. The zero-order chi connectivity index (χ0) is 22.8. The summed E-state index contributed by atoms with van der Waals surface area (Å²) in [5, 5.41) is 3.22. The van der Waals surface area contributed by atoms with Gasteiger partial charge >= 0.3 is 5.97 Å². The molecule has 1 N–H and O–H groups in total. The first-order chi connectivity index (χ1) is 15.6. The third-order valence-electron chi connectivity index (χ3n) is 4.38. The van der Waals surface area contributed by atoms with Crippen LogP contribution in [0.15, 0.2) is 60.7 Å². The number of aromatic nitrogens is 1. The van der Waals surface area contributed by atoms with Crippen LogP contribution in [0, 0.1) is 0 Å². The number of carbonyl (C=O) groups is 2. The lowest BCUT2D eigenvalue weighted by Crippen LogP contribution is -2.07. The van der Waals surface area contributed by atoms with Crippen LogP contribution in [0.4, 0.5) is 5.13 Å². The van der Waals surface area contributed by atoms with E-state index in [4.69, 9.17) is 9.47 Å². The van der Waals surface area contributed by atoms with Crippen molar-refractivity contribution < 1.29 is 19.1 Å². The molecule has 1 amide bonds. The molecule has 3 rings (SSSR count). The smallest absolute Gasteiger partial charge is 0.311 e. The Balaban J connectivity index is 1.77. The van der Waals surface area contributed by atoms with Crippen LogP contribution in [0.3, 0.4) is 0 Å². The van der Waals surface area contributed by atoms with E-state index in [1.54, 1.807) is 13.0 Å². The van der Waals surface area contributed by atoms with Crippen molar-refractivity contribution in [3.63, 3.8) is 0 Å². The van der Waals surface area contributed by atoms with Gasteiger partial charge in [-0.25, -0.2) is 4.98 Å². The van der Waals surface area contributed by atoms with Gasteiger partial charge in [0.15, 0.2) is 5.13 Å². The number of hydrogen-bond acceptors (Lipinski definition) is 6. The van der Waals surface area contributed by atoms with Crippen molar-refractivity contribution in [1.82, 2.24) is 4.98 Å². The minimum atomic E-state index is -0.324. The molecule has 7 heteroatoms. The second-order valence-corrected chi connectivity index (χ2v) is 7.93. The number of benzene rings is 2.